The highest BCUT2D eigenvalue weighted by Crippen LogP contribution is 2.14. The third-order valence-electron chi connectivity index (χ3n) is 3.45. The van der Waals surface area contributed by atoms with Gasteiger partial charge in [-0.25, -0.2) is 0 Å². The van der Waals surface area contributed by atoms with Gasteiger partial charge in [0.05, 0.1) is 11.6 Å². The van der Waals surface area contributed by atoms with E-state index >= 15 is 0 Å². The van der Waals surface area contributed by atoms with E-state index in [0.717, 1.165) is 24.6 Å². The van der Waals surface area contributed by atoms with Crippen LogP contribution in [0.2, 0.25) is 0 Å². The average Bonchev–Trinajstić information content (AvgIpc) is 2.61. The van der Waals surface area contributed by atoms with Crippen LogP contribution in [-0.2, 0) is 4.79 Å². The van der Waals surface area contributed by atoms with Crippen molar-refractivity contribution in [3.63, 3.8) is 0 Å². The summed E-state index contributed by atoms with van der Waals surface area (Å²) in [7, 11) is 0. The quantitative estimate of drug-likeness (QED) is 0.504. The topological polar surface area (TPSA) is 70.0 Å². The molecule has 24 heavy (non-hydrogen) atoms. The summed E-state index contributed by atoms with van der Waals surface area (Å²) in [6.45, 7) is 2.85. The SMILES string of the molecule is CCCCCCCCNC(=O)C=CSC(=O)c1cccc(C#N)c1. The number of amides is 1. The van der Waals surface area contributed by atoms with Gasteiger partial charge in [-0.2, -0.15) is 5.26 Å². The average molecular weight is 344 g/mol. The van der Waals surface area contributed by atoms with Crippen LogP contribution in [0.4, 0.5) is 0 Å². The van der Waals surface area contributed by atoms with Crippen LogP contribution in [0, 0.1) is 11.3 Å². The maximum Gasteiger partial charge on any atom is 0.244 e. The first-order chi connectivity index (χ1) is 11.7. The Bertz CT molecular complexity index is 606. The molecule has 0 atom stereocenters. The van der Waals surface area contributed by atoms with Crippen molar-refractivity contribution in [1.29, 1.82) is 5.26 Å². The van der Waals surface area contributed by atoms with E-state index in [1.165, 1.54) is 37.2 Å². The van der Waals surface area contributed by atoms with Gasteiger partial charge in [-0.15, -0.1) is 0 Å². The Hall–Kier alpha value is -2.06. The zero-order valence-electron chi connectivity index (χ0n) is 14.1. The van der Waals surface area contributed by atoms with E-state index in [4.69, 9.17) is 5.26 Å². The van der Waals surface area contributed by atoms with Crippen molar-refractivity contribution in [3.8, 4) is 6.07 Å². The number of rotatable bonds is 10. The summed E-state index contributed by atoms with van der Waals surface area (Å²) in [6.07, 6.45) is 8.47. The Kier molecular flexibility index (Phi) is 10.3. The Labute approximate surface area is 148 Å². The Balaban J connectivity index is 2.22. The van der Waals surface area contributed by atoms with E-state index in [-0.39, 0.29) is 11.0 Å². The molecule has 4 nitrogen and oxygen atoms in total. The van der Waals surface area contributed by atoms with Gasteiger partial charge in [0.25, 0.3) is 0 Å². The molecule has 1 aromatic rings. The van der Waals surface area contributed by atoms with Crippen molar-refractivity contribution in [2.24, 2.45) is 0 Å². The molecule has 0 aliphatic carbocycles. The Morgan fingerprint density at radius 3 is 2.71 bits per heavy atom. The number of benzene rings is 1. The van der Waals surface area contributed by atoms with Gasteiger partial charge in [0, 0.05) is 18.2 Å². The largest absolute Gasteiger partial charge is 0.353 e. The van der Waals surface area contributed by atoms with Crippen molar-refractivity contribution < 1.29 is 9.59 Å². The standard InChI is InChI=1S/C19H24N2O2S/c1-2-3-4-5-6-7-12-21-18(22)11-13-24-19(23)17-10-8-9-16(14-17)15-20/h8-11,13-14H,2-7,12H2,1H3,(H,21,22). The van der Waals surface area contributed by atoms with Crippen molar-refractivity contribution in [2.75, 3.05) is 6.54 Å². The molecule has 1 rings (SSSR count). The molecule has 0 bridgehead atoms. The van der Waals surface area contributed by atoms with Crippen molar-refractivity contribution >= 4 is 22.8 Å². The summed E-state index contributed by atoms with van der Waals surface area (Å²) >= 11 is 0.940. The molecule has 0 radical (unpaired) electrons. The van der Waals surface area contributed by atoms with Crippen LogP contribution < -0.4 is 5.32 Å². The van der Waals surface area contributed by atoms with Gasteiger partial charge in [-0.3, -0.25) is 9.59 Å². The van der Waals surface area contributed by atoms with Crippen molar-refractivity contribution in [1.82, 2.24) is 5.32 Å². The van der Waals surface area contributed by atoms with Crippen LogP contribution in [0.1, 0.15) is 61.4 Å². The van der Waals surface area contributed by atoms with Crippen LogP contribution in [0.3, 0.4) is 0 Å². The number of thioether (sulfide) groups is 1. The highest BCUT2D eigenvalue weighted by molar-refractivity contribution is 8.16. The number of hydrogen-bond acceptors (Lipinski definition) is 4. The van der Waals surface area contributed by atoms with Gasteiger partial charge in [-0.05, 0) is 24.0 Å². The summed E-state index contributed by atoms with van der Waals surface area (Å²) in [4.78, 5) is 23.6. The van der Waals surface area contributed by atoms with E-state index in [2.05, 4.69) is 12.2 Å². The van der Waals surface area contributed by atoms with Gasteiger partial charge in [-0.1, -0.05) is 62.9 Å². The molecule has 0 saturated carbocycles. The fourth-order valence-electron chi connectivity index (χ4n) is 2.12. The molecule has 0 spiro atoms. The normalized spacial score (nSPS) is 10.5. The molecule has 0 unspecified atom stereocenters. The minimum absolute atomic E-state index is 0.186. The van der Waals surface area contributed by atoms with Crippen LogP contribution in [0.25, 0.3) is 0 Å². The lowest BCUT2D eigenvalue weighted by atomic mass is 10.1. The van der Waals surface area contributed by atoms with Gasteiger partial charge in [0.2, 0.25) is 11.0 Å². The maximum absolute atomic E-state index is 12.0. The third kappa shape index (κ3) is 8.54. The lowest BCUT2D eigenvalue weighted by Gasteiger charge is -2.02. The predicted octanol–water partition coefficient (Wildman–Crippen LogP) is 4.42. The molecule has 1 aromatic carbocycles. The molecule has 1 amide bonds. The first-order valence-electron chi connectivity index (χ1n) is 8.33. The highest BCUT2D eigenvalue weighted by atomic mass is 32.2. The number of nitrogens with zero attached hydrogens (tertiary/aromatic N) is 1. The lowest BCUT2D eigenvalue weighted by Crippen LogP contribution is -2.21. The lowest BCUT2D eigenvalue weighted by molar-refractivity contribution is -0.116. The summed E-state index contributed by atoms with van der Waals surface area (Å²) in [5.41, 5.74) is 0.901. The number of carbonyl (C=O) groups excluding carboxylic acids is 2. The fraction of sp³-hybridized carbons (Fsp3) is 0.421. The van der Waals surface area contributed by atoms with Gasteiger partial charge >= 0.3 is 0 Å². The molecule has 128 valence electrons. The number of nitriles is 1. The molecule has 0 heterocycles. The summed E-state index contributed by atoms with van der Waals surface area (Å²) < 4.78 is 0. The minimum atomic E-state index is -0.188. The second-order valence-electron chi connectivity index (χ2n) is 5.46. The summed E-state index contributed by atoms with van der Waals surface area (Å²) in [6, 6.07) is 8.51. The van der Waals surface area contributed by atoms with Crippen molar-refractivity contribution in [2.45, 2.75) is 45.4 Å². The summed E-state index contributed by atoms with van der Waals surface area (Å²) in [5, 5.41) is 12.9. The van der Waals surface area contributed by atoms with Crippen LogP contribution in [0.15, 0.2) is 35.7 Å². The molecule has 5 heteroatoms. The molecule has 0 aromatic heterocycles. The van der Waals surface area contributed by atoms with E-state index < -0.39 is 0 Å². The van der Waals surface area contributed by atoms with E-state index in [0.29, 0.717) is 17.7 Å². The zero-order chi connectivity index (χ0) is 17.6. The van der Waals surface area contributed by atoms with E-state index in [1.807, 2.05) is 6.07 Å². The molecule has 1 N–H and O–H groups in total. The predicted molar refractivity (Wildman–Crippen MR) is 98.6 cm³/mol. The first-order valence-corrected chi connectivity index (χ1v) is 9.21. The van der Waals surface area contributed by atoms with Crippen LogP contribution >= 0.6 is 11.8 Å². The Morgan fingerprint density at radius 1 is 1.21 bits per heavy atom. The van der Waals surface area contributed by atoms with E-state index in [1.54, 1.807) is 24.3 Å². The van der Waals surface area contributed by atoms with Gasteiger partial charge in [0.1, 0.15) is 0 Å². The number of hydrogen-bond donors (Lipinski definition) is 1. The monoisotopic (exact) mass is 344 g/mol. The van der Waals surface area contributed by atoms with Crippen LogP contribution in [0.5, 0.6) is 0 Å². The molecular formula is C19H24N2O2S. The fourth-order valence-corrected chi connectivity index (χ4v) is 2.70. The number of carbonyl (C=O) groups is 2. The molecular weight excluding hydrogens is 320 g/mol. The van der Waals surface area contributed by atoms with Gasteiger partial charge in [0.15, 0.2) is 0 Å². The second kappa shape index (κ2) is 12.4. The zero-order valence-corrected chi connectivity index (χ0v) is 14.9. The Morgan fingerprint density at radius 2 is 1.96 bits per heavy atom. The van der Waals surface area contributed by atoms with Crippen molar-refractivity contribution in [3.05, 3.63) is 46.9 Å². The molecule has 0 aliphatic rings. The minimum Gasteiger partial charge on any atom is -0.353 e. The van der Waals surface area contributed by atoms with Gasteiger partial charge < -0.3 is 5.32 Å². The molecule has 0 fully saturated rings. The maximum atomic E-state index is 12.0. The third-order valence-corrected chi connectivity index (χ3v) is 4.17. The molecule has 0 saturated heterocycles. The first kappa shape index (κ1) is 20.0. The number of nitrogens with one attached hydrogen (secondary N) is 1. The smallest absolute Gasteiger partial charge is 0.244 e. The molecule has 0 aliphatic heterocycles. The number of unbranched alkanes of at least 4 members (excludes halogenated alkanes) is 5. The highest BCUT2D eigenvalue weighted by Gasteiger charge is 2.05. The van der Waals surface area contributed by atoms with E-state index in [9.17, 15) is 9.59 Å². The second-order valence-corrected chi connectivity index (χ2v) is 6.34. The van der Waals surface area contributed by atoms with Crippen LogP contribution in [-0.4, -0.2) is 17.6 Å². The summed E-state index contributed by atoms with van der Waals surface area (Å²) in [5.74, 6) is -0.186.